The lowest BCUT2D eigenvalue weighted by Gasteiger charge is -2.51. The predicted molar refractivity (Wildman–Crippen MR) is 151 cm³/mol. The Labute approximate surface area is 213 Å². The van der Waals surface area contributed by atoms with Crippen molar-refractivity contribution >= 4 is 22.4 Å². The summed E-state index contributed by atoms with van der Waals surface area (Å²) in [4.78, 5) is 12.6. The molecule has 2 fully saturated rings. The molecule has 0 aliphatic heterocycles. The van der Waals surface area contributed by atoms with E-state index in [0.29, 0.717) is 23.8 Å². The van der Waals surface area contributed by atoms with Crippen LogP contribution in [-0.2, 0) is 13.6 Å². The summed E-state index contributed by atoms with van der Waals surface area (Å²) in [6, 6.07) is 0. The average molecular weight is 507 g/mol. The minimum Gasteiger partial charge on any atom is -0.413 e. The molecule has 2 saturated carbocycles. The van der Waals surface area contributed by atoms with E-state index in [1.54, 1.807) is 0 Å². The number of rotatable bonds is 10. The Morgan fingerprint density at radius 1 is 1.00 bits per heavy atom. The standard InChI is InChI=1S/C29H54O3Si2/c1-13-18-28(19-15-20-28)25(31-33(9,10)26(3,4)5)16-14-21-29(22-17-24(30)23(29)2)32-34(11,12)27(6,7)8/h14,21,25H,2,13,15-20,22H2,1,3-12H3/t25?,29-/m1/s1. The number of hydrogen-bond acceptors (Lipinski definition) is 3. The topological polar surface area (TPSA) is 35.5 Å². The molecule has 0 bridgehead atoms. The summed E-state index contributed by atoms with van der Waals surface area (Å²) in [5.74, 6) is 0.152. The number of carbonyl (C=O) groups is 1. The molecule has 0 radical (unpaired) electrons. The highest BCUT2D eigenvalue weighted by Gasteiger charge is 2.50. The van der Waals surface area contributed by atoms with Gasteiger partial charge < -0.3 is 8.85 Å². The Hall–Kier alpha value is -0.496. The fraction of sp³-hybridized carbons (Fsp3) is 0.828. The molecular weight excluding hydrogens is 452 g/mol. The maximum Gasteiger partial charge on any atom is 0.193 e. The minimum atomic E-state index is -2.09. The van der Waals surface area contributed by atoms with Gasteiger partial charge in [0.05, 0.1) is 6.10 Å². The van der Waals surface area contributed by atoms with Crippen LogP contribution in [0.1, 0.15) is 99.8 Å². The molecular formula is C29H54O3Si2. The van der Waals surface area contributed by atoms with E-state index in [1.807, 2.05) is 0 Å². The van der Waals surface area contributed by atoms with E-state index in [1.165, 1.54) is 32.1 Å². The molecule has 0 aromatic carbocycles. The first-order chi connectivity index (χ1) is 15.3. The number of hydrogen-bond donors (Lipinski definition) is 0. The lowest BCUT2D eigenvalue weighted by atomic mass is 9.62. The molecule has 2 aliphatic carbocycles. The maximum atomic E-state index is 12.6. The van der Waals surface area contributed by atoms with Crippen LogP contribution in [0.4, 0.5) is 0 Å². The normalized spacial score (nSPS) is 25.1. The zero-order valence-electron chi connectivity index (χ0n) is 24.3. The Morgan fingerprint density at radius 3 is 1.94 bits per heavy atom. The Bertz CT molecular complexity index is 778. The summed E-state index contributed by atoms with van der Waals surface area (Å²) in [5, 5.41) is 0.260. The zero-order valence-corrected chi connectivity index (χ0v) is 26.3. The first kappa shape index (κ1) is 29.7. The van der Waals surface area contributed by atoms with Crippen molar-refractivity contribution in [3.8, 4) is 0 Å². The smallest absolute Gasteiger partial charge is 0.193 e. The van der Waals surface area contributed by atoms with Crippen molar-refractivity contribution < 1.29 is 13.6 Å². The third kappa shape index (κ3) is 6.07. The minimum absolute atomic E-state index is 0.0743. The molecule has 2 rings (SSSR count). The van der Waals surface area contributed by atoms with Crippen LogP contribution in [0.5, 0.6) is 0 Å². The van der Waals surface area contributed by atoms with Crippen LogP contribution in [0.2, 0.25) is 36.3 Å². The van der Waals surface area contributed by atoms with Crippen LogP contribution < -0.4 is 0 Å². The molecule has 34 heavy (non-hydrogen) atoms. The highest BCUT2D eigenvalue weighted by Crippen LogP contribution is 2.52. The van der Waals surface area contributed by atoms with Gasteiger partial charge in [0.1, 0.15) is 5.60 Å². The highest BCUT2D eigenvalue weighted by molar-refractivity contribution is 6.74. The summed E-state index contributed by atoms with van der Waals surface area (Å²) < 4.78 is 14.1. The van der Waals surface area contributed by atoms with E-state index in [2.05, 4.69) is 93.4 Å². The van der Waals surface area contributed by atoms with Gasteiger partial charge in [-0.15, -0.1) is 0 Å². The maximum absolute atomic E-state index is 12.6. The molecule has 0 amide bonds. The van der Waals surface area contributed by atoms with Gasteiger partial charge in [-0.3, -0.25) is 4.79 Å². The lowest BCUT2D eigenvalue weighted by Crippen LogP contribution is -2.51. The molecule has 0 heterocycles. The van der Waals surface area contributed by atoms with Gasteiger partial charge in [0, 0.05) is 12.0 Å². The first-order valence-electron chi connectivity index (χ1n) is 13.6. The molecule has 0 N–H and O–H groups in total. The summed E-state index contributed by atoms with van der Waals surface area (Å²) in [6.45, 7) is 29.6. The van der Waals surface area contributed by atoms with Gasteiger partial charge in [-0.25, -0.2) is 0 Å². The van der Waals surface area contributed by atoms with Crippen LogP contribution in [-0.4, -0.2) is 34.1 Å². The number of carbonyl (C=O) groups excluding carboxylic acids is 1. The van der Waals surface area contributed by atoms with E-state index < -0.39 is 22.2 Å². The van der Waals surface area contributed by atoms with Crippen molar-refractivity contribution in [2.75, 3.05) is 0 Å². The van der Waals surface area contributed by atoms with E-state index in [0.717, 1.165) is 6.42 Å². The van der Waals surface area contributed by atoms with Gasteiger partial charge in [-0.05, 0) is 73.8 Å². The monoisotopic (exact) mass is 506 g/mol. The van der Waals surface area contributed by atoms with Gasteiger partial charge in [0.15, 0.2) is 22.4 Å². The third-order valence-electron chi connectivity index (χ3n) is 9.57. The molecule has 196 valence electrons. The van der Waals surface area contributed by atoms with Gasteiger partial charge in [-0.2, -0.15) is 0 Å². The van der Waals surface area contributed by atoms with Gasteiger partial charge in [0.25, 0.3) is 0 Å². The van der Waals surface area contributed by atoms with Crippen molar-refractivity contribution in [2.24, 2.45) is 5.41 Å². The first-order valence-corrected chi connectivity index (χ1v) is 19.4. The summed E-state index contributed by atoms with van der Waals surface area (Å²) >= 11 is 0. The lowest BCUT2D eigenvalue weighted by molar-refractivity contribution is -0.114. The molecule has 0 saturated heterocycles. The molecule has 2 aliphatic rings. The summed E-state index contributed by atoms with van der Waals surface area (Å²) in [6.07, 6.45) is 13.1. The number of ketones is 1. The Kier molecular flexibility index (Phi) is 8.84. The molecule has 3 nitrogen and oxygen atoms in total. The van der Waals surface area contributed by atoms with Crippen molar-refractivity contribution in [1.29, 1.82) is 0 Å². The fourth-order valence-electron chi connectivity index (χ4n) is 4.98. The van der Waals surface area contributed by atoms with E-state index >= 15 is 0 Å². The van der Waals surface area contributed by atoms with Crippen molar-refractivity contribution in [3.63, 3.8) is 0 Å². The van der Waals surface area contributed by atoms with Crippen molar-refractivity contribution in [1.82, 2.24) is 0 Å². The van der Waals surface area contributed by atoms with Gasteiger partial charge >= 0.3 is 0 Å². The molecule has 0 spiro atoms. The van der Waals surface area contributed by atoms with Crippen molar-refractivity contribution in [2.45, 2.75) is 148 Å². The van der Waals surface area contributed by atoms with E-state index in [4.69, 9.17) is 8.85 Å². The molecule has 2 atom stereocenters. The van der Waals surface area contributed by atoms with E-state index in [-0.39, 0.29) is 22.0 Å². The van der Waals surface area contributed by atoms with E-state index in [9.17, 15) is 4.79 Å². The van der Waals surface area contributed by atoms with Crippen LogP contribution >= 0.6 is 0 Å². The largest absolute Gasteiger partial charge is 0.413 e. The second-order valence-corrected chi connectivity index (χ2v) is 23.6. The Morgan fingerprint density at radius 2 is 1.56 bits per heavy atom. The molecule has 5 heteroatoms. The second-order valence-electron chi connectivity index (χ2n) is 14.1. The van der Waals surface area contributed by atoms with Crippen LogP contribution in [0.3, 0.4) is 0 Å². The van der Waals surface area contributed by atoms with Crippen LogP contribution in [0.25, 0.3) is 0 Å². The fourth-order valence-corrected chi connectivity index (χ4v) is 7.90. The van der Waals surface area contributed by atoms with Gasteiger partial charge in [0.2, 0.25) is 0 Å². The predicted octanol–water partition coefficient (Wildman–Crippen LogP) is 8.97. The quantitative estimate of drug-likeness (QED) is 0.168. The van der Waals surface area contributed by atoms with Crippen LogP contribution in [0.15, 0.2) is 24.3 Å². The molecule has 1 unspecified atom stereocenters. The van der Waals surface area contributed by atoms with Crippen molar-refractivity contribution in [3.05, 3.63) is 24.3 Å². The average Bonchev–Trinajstić information content (AvgIpc) is 2.90. The SMILES string of the molecule is C=C1C(=O)CC[C@@]1(C=CCC(O[Si](C)(C)C(C)(C)C)C1(CCC)CCC1)O[Si](C)(C)C(C)(C)C. The van der Waals surface area contributed by atoms with Crippen LogP contribution in [0, 0.1) is 5.41 Å². The number of Topliss-reactive ketones (excluding diaryl/α,β-unsaturated/α-hetero) is 1. The molecule has 0 aromatic rings. The second kappa shape index (κ2) is 10.1. The third-order valence-corrected chi connectivity index (χ3v) is 18.5. The summed E-state index contributed by atoms with van der Waals surface area (Å²) in [5.41, 5.74) is 0.284. The Balaban J connectivity index is 2.36. The zero-order chi connectivity index (χ0) is 26.2. The summed E-state index contributed by atoms with van der Waals surface area (Å²) in [7, 11) is -3.99. The molecule has 0 aromatic heterocycles. The van der Waals surface area contributed by atoms with Gasteiger partial charge in [-0.1, -0.05) is 80.0 Å². The highest BCUT2D eigenvalue weighted by atomic mass is 28.4.